The summed E-state index contributed by atoms with van der Waals surface area (Å²) in [7, 11) is 0. The minimum atomic E-state index is 0.494. The van der Waals surface area contributed by atoms with E-state index < -0.39 is 0 Å². The van der Waals surface area contributed by atoms with E-state index >= 15 is 0 Å². The molecule has 41 valence electrons. The Kier molecular flexibility index (Phi) is 5.28. The van der Waals surface area contributed by atoms with Crippen molar-refractivity contribution in [2.75, 3.05) is 6.54 Å². The summed E-state index contributed by atoms with van der Waals surface area (Å²) in [6, 6.07) is 0. The van der Waals surface area contributed by atoms with Gasteiger partial charge in [-0.05, 0) is 6.42 Å². The zero-order valence-corrected chi connectivity index (χ0v) is 4.68. The fourth-order valence-electron chi connectivity index (χ4n) is 0.426. The minimum absolute atomic E-state index is 0.494. The average molecular weight is 101 g/mol. The molecule has 0 aliphatic carbocycles. The van der Waals surface area contributed by atoms with Crippen LogP contribution in [0.15, 0.2) is 0 Å². The lowest BCUT2D eigenvalue weighted by molar-refractivity contribution is 0.702. The monoisotopic (exact) mass is 101 g/mol. The van der Waals surface area contributed by atoms with E-state index in [2.05, 4.69) is 12.1 Å². The van der Waals surface area contributed by atoms with E-state index in [4.69, 9.17) is 0 Å². The predicted octanol–water partition coefficient (Wildman–Crippen LogP) is 1.28. The molecule has 0 aromatic carbocycles. The highest BCUT2D eigenvalue weighted by Crippen LogP contribution is 1.89. The molecule has 1 radical (unpaired) electrons. The summed E-state index contributed by atoms with van der Waals surface area (Å²) in [5.74, 6) is 0. The Morgan fingerprint density at radius 2 is 2.14 bits per heavy atom. The van der Waals surface area contributed by atoms with Crippen LogP contribution in [0.4, 0.5) is 0 Å². The van der Waals surface area contributed by atoms with Crippen molar-refractivity contribution in [1.29, 1.82) is 0 Å². The smallest absolute Gasteiger partial charge is 0.0654 e. The van der Waals surface area contributed by atoms with Gasteiger partial charge in [0.05, 0.1) is 4.91 Å². The van der Waals surface area contributed by atoms with Crippen molar-refractivity contribution < 1.29 is 0 Å². The second-order valence-corrected chi connectivity index (χ2v) is 1.56. The summed E-state index contributed by atoms with van der Waals surface area (Å²) in [6.45, 7) is 2.60. The summed E-state index contributed by atoms with van der Waals surface area (Å²) in [4.78, 5) is 9.43. The molecule has 0 aliphatic rings. The van der Waals surface area contributed by atoms with E-state index in [1.165, 1.54) is 0 Å². The van der Waals surface area contributed by atoms with Crippen LogP contribution in [-0.2, 0) is 0 Å². The van der Waals surface area contributed by atoms with Gasteiger partial charge in [0, 0.05) is 6.42 Å². The largest absolute Gasteiger partial charge is 0.304 e. The van der Waals surface area contributed by atoms with Crippen molar-refractivity contribution in [2.45, 2.75) is 26.2 Å². The maximum Gasteiger partial charge on any atom is 0.304 e. The lowest BCUT2D eigenvalue weighted by Crippen LogP contribution is -1.87. The first-order valence-electron chi connectivity index (χ1n) is 2.71. The van der Waals surface area contributed by atoms with Crippen molar-refractivity contribution in [3.63, 3.8) is 0 Å². The van der Waals surface area contributed by atoms with Crippen molar-refractivity contribution in [2.24, 2.45) is 0 Å². The second-order valence-electron chi connectivity index (χ2n) is 1.56. The van der Waals surface area contributed by atoms with Crippen molar-refractivity contribution in [3.05, 3.63) is 4.91 Å². The third-order valence-electron chi connectivity index (χ3n) is 0.853. The molecule has 0 aliphatic heterocycles. The standard InChI is InChI=1S/C5H11NO/c1-2-3-4-5-6-7/h2-5H2,1H3/q+1. The topological polar surface area (TPSA) is 31.2 Å². The molecule has 0 spiro atoms. The Bertz CT molecular complexity index is 45.3. The van der Waals surface area contributed by atoms with E-state index in [-0.39, 0.29) is 0 Å². The van der Waals surface area contributed by atoms with E-state index in [1.807, 2.05) is 0 Å². The van der Waals surface area contributed by atoms with Gasteiger partial charge in [0.15, 0.2) is 0 Å². The maximum atomic E-state index is 9.43. The molecule has 0 bridgehead atoms. The fourth-order valence-corrected chi connectivity index (χ4v) is 0.426. The van der Waals surface area contributed by atoms with Crippen LogP contribution in [0.5, 0.6) is 0 Å². The van der Waals surface area contributed by atoms with E-state index in [9.17, 15) is 4.91 Å². The van der Waals surface area contributed by atoms with Crippen LogP contribution in [0.1, 0.15) is 26.2 Å². The SMILES string of the molecule is CCCCC[N+]=O. The van der Waals surface area contributed by atoms with E-state index in [0.29, 0.717) is 6.54 Å². The van der Waals surface area contributed by atoms with Crippen LogP contribution in [0.2, 0.25) is 0 Å². The summed E-state index contributed by atoms with van der Waals surface area (Å²) in [6.07, 6.45) is 3.25. The average Bonchev–Trinajstić information content (AvgIpc) is 1.69. The first kappa shape index (κ1) is 6.60. The molecule has 0 heterocycles. The van der Waals surface area contributed by atoms with Gasteiger partial charge >= 0.3 is 5.18 Å². The Morgan fingerprint density at radius 3 is 2.57 bits per heavy atom. The first-order chi connectivity index (χ1) is 3.41. The molecule has 0 saturated carbocycles. The van der Waals surface area contributed by atoms with Crippen LogP contribution < -0.4 is 5.18 Å². The van der Waals surface area contributed by atoms with Gasteiger partial charge < -0.3 is 0 Å². The molecule has 0 rings (SSSR count). The molecular weight excluding hydrogens is 90.1 g/mol. The van der Waals surface area contributed by atoms with E-state index in [1.54, 1.807) is 0 Å². The highest BCUT2D eigenvalue weighted by atomic mass is 16.3. The maximum absolute atomic E-state index is 9.43. The Morgan fingerprint density at radius 1 is 1.43 bits per heavy atom. The summed E-state index contributed by atoms with van der Waals surface area (Å²) in [5, 5.41) is 2.72. The summed E-state index contributed by atoms with van der Waals surface area (Å²) in [5.41, 5.74) is 0. The molecule has 2 nitrogen and oxygen atoms in total. The highest BCUT2D eigenvalue weighted by molar-refractivity contribution is 4.37. The lowest BCUT2D eigenvalue weighted by Gasteiger charge is -1.79. The molecule has 0 aromatic heterocycles. The van der Waals surface area contributed by atoms with Gasteiger partial charge in [0.1, 0.15) is 0 Å². The highest BCUT2D eigenvalue weighted by Gasteiger charge is 1.92. The van der Waals surface area contributed by atoms with Crippen LogP contribution in [0.3, 0.4) is 0 Å². The lowest BCUT2D eigenvalue weighted by atomic mass is 10.3. The third kappa shape index (κ3) is 5.60. The Hall–Kier alpha value is -0.400. The van der Waals surface area contributed by atoms with Gasteiger partial charge in [-0.25, -0.2) is 0 Å². The third-order valence-corrected chi connectivity index (χ3v) is 0.853. The van der Waals surface area contributed by atoms with Crippen LogP contribution in [0, 0.1) is 4.91 Å². The van der Waals surface area contributed by atoms with Crippen molar-refractivity contribution >= 4 is 0 Å². The van der Waals surface area contributed by atoms with Gasteiger partial charge in [-0.3, -0.25) is 0 Å². The van der Waals surface area contributed by atoms with E-state index in [0.717, 1.165) is 19.3 Å². The van der Waals surface area contributed by atoms with Crippen molar-refractivity contribution in [3.8, 4) is 0 Å². The summed E-state index contributed by atoms with van der Waals surface area (Å²) >= 11 is 0. The normalized spacial score (nSPS) is 8.71. The Labute approximate surface area is 43.9 Å². The molecule has 0 saturated heterocycles. The van der Waals surface area contributed by atoms with Gasteiger partial charge in [0.2, 0.25) is 0 Å². The minimum Gasteiger partial charge on any atom is -0.0654 e. The molecule has 0 aromatic rings. The zero-order valence-electron chi connectivity index (χ0n) is 4.68. The second kappa shape index (κ2) is 5.60. The molecule has 0 fully saturated rings. The molecular formula is C5H11NO+. The number of unbranched alkanes of at least 4 members (excludes halogenated alkanes) is 2. The number of rotatable bonds is 4. The van der Waals surface area contributed by atoms with Crippen molar-refractivity contribution in [1.82, 2.24) is 5.18 Å². The Balaban J connectivity index is 2.56. The predicted molar refractivity (Wildman–Crippen MR) is 29.9 cm³/mol. The number of nitroso groups, excluding NO2 is 1. The molecule has 7 heavy (non-hydrogen) atoms. The summed E-state index contributed by atoms with van der Waals surface area (Å²) < 4.78 is 0. The molecule has 0 amide bonds. The fraction of sp³-hybridized carbons (Fsp3) is 1.00. The van der Waals surface area contributed by atoms with Gasteiger partial charge in [-0.1, -0.05) is 13.3 Å². The van der Waals surface area contributed by atoms with Gasteiger partial charge in [0.25, 0.3) is 6.54 Å². The van der Waals surface area contributed by atoms with Crippen LogP contribution in [0.25, 0.3) is 0 Å². The quantitative estimate of drug-likeness (QED) is 0.491. The zero-order chi connectivity index (χ0) is 5.54. The molecule has 0 N–H and O–H groups in total. The molecule has 0 atom stereocenters. The van der Waals surface area contributed by atoms with Crippen LogP contribution >= 0.6 is 0 Å². The molecule has 2 heteroatoms. The van der Waals surface area contributed by atoms with Crippen LogP contribution in [-0.4, -0.2) is 6.54 Å². The number of nitrogens with zero attached hydrogens (tertiary/aromatic N) is 1. The van der Waals surface area contributed by atoms with Gasteiger partial charge in [-0.15, -0.1) is 0 Å². The van der Waals surface area contributed by atoms with Gasteiger partial charge in [-0.2, -0.15) is 0 Å². The first-order valence-corrected chi connectivity index (χ1v) is 2.71. The number of hydrogen-bond donors (Lipinski definition) is 0. The molecule has 0 unspecified atom stereocenters. The number of hydrogen-bond acceptors (Lipinski definition) is 2.